The Hall–Kier alpha value is -2.70. The van der Waals surface area contributed by atoms with E-state index in [1.54, 1.807) is 0 Å². The van der Waals surface area contributed by atoms with Gasteiger partial charge in [-0.25, -0.2) is 9.59 Å². The maximum absolute atomic E-state index is 13.4. The topological polar surface area (TPSA) is 71.1 Å². The summed E-state index contributed by atoms with van der Waals surface area (Å²) in [4.78, 5) is 26.8. The fourth-order valence-electron chi connectivity index (χ4n) is 5.83. The van der Waals surface area contributed by atoms with E-state index in [-0.39, 0.29) is 13.2 Å². The first-order valence-electron chi connectivity index (χ1n) is 15.3. The normalized spacial score (nSPS) is 24.5. The standard InChI is InChI=1S/C34H46O6/c1-27-18-12-8-6-4-2-3-5-7-9-17-23-34(24-27)39-30(32(35)37-25-28-19-13-10-14-20-28)31(40-34)33(36)38-26-29-21-15-11-16-22-29/h10-11,13-16,19-22,27,30-31H,2-9,12,17-18,23-26H2,1H3/t27-,30-,31-/m0/s1. The molecular weight excluding hydrogens is 504 g/mol. The number of benzene rings is 2. The Morgan fingerprint density at radius 1 is 0.675 bits per heavy atom. The summed E-state index contributed by atoms with van der Waals surface area (Å²) < 4.78 is 24.3. The lowest BCUT2D eigenvalue weighted by Gasteiger charge is -2.31. The first kappa shape index (κ1) is 30.3. The highest BCUT2D eigenvalue weighted by Crippen LogP contribution is 2.40. The minimum Gasteiger partial charge on any atom is -0.459 e. The summed E-state index contributed by atoms with van der Waals surface area (Å²) in [5.74, 6) is -1.85. The molecule has 4 rings (SSSR count). The molecule has 218 valence electrons. The summed E-state index contributed by atoms with van der Waals surface area (Å²) in [7, 11) is 0. The van der Waals surface area contributed by atoms with Gasteiger partial charge in [0, 0.05) is 12.8 Å². The lowest BCUT2D eigenvalue weighted by molar-refractivity contribution is -0.202. The van der Waals surface area contributed by atoms with Crippen molar-refractivity contribution >= 4 is 11.9 Å². The lowest BCUT2D eigenvalue weighted by atomic mass is 9.92. The summed E-state index contributed by atoms with van der Waals surface area (Å²) in [5, 5.41) is 0. The molecule has 0 N–H and O–H groups in total. The fourth-order valence-corrected chi connectivity index (χ4v) is 5.83. The molecular formula is C34H46O6. The van der Waals surface area contributed by atoms with Crippen LogP contribution < -0.4 is 0 Å². The van der Waals surface area contributed by atoms with Crippen LogP contribution in [-0.4, -0.2) is 29.9 Å². The lowest BCUT2D eigenvalue weighted by Crippen LogP contribution is -2.39. The Kier molecular flexibility index (Phi) is 12.0. The van der Waals surface area contributed by atoms with Gasteiger partial charge in [-0.3, -0.25) is 0 Å². The predicted molar refractivity (Wildman–Crippen MR) is 154 cm³/mol. The molecule has 6 nitrogen and oxygen atoms in total. The molecule has 6 heteroatoms. The van der Waals surface area contributed by atoms with Crippen molar-refractivity contribution in [2.45, 2.75) is 122 Å². The first-order chi connectivity index (χ1) is 19.5. The molecule has 40 heavy (non-hydrogen) atoms. The smallest absolute Gasteiger partial charge is 0.339 e. The number of carbonyl (C=O) groups excluding carboxylic acids is 2. The number of hydrogen-bond acceptors (Lipinski definition) is 6. The SMILES string of the molecule is C[C@H]1CCCCCCCCCCCCC2(C1)O[C@H](C(=O)OCc1ccccc1)[C@@H](C(=O)OCc1ccccc1)O2. The summed E-state index contributed by atoms with van der Waals surface area (Å²) in [6.07, 6.45) is 12.1. The fraction of sp³-hybridized carbons (Fsp3) is 0.588. The molecule has 1 aliphatic carbocycles. The molecule has 3 atom stereocenters. The second-order valence-corrected chi connectivity index (χ2v) is 11.6. The number of carbonyl (C=O) groups is 2. The van der Waals surface area contributed by atoms with Gasteiger partial charge in [0.25, 0.3) is 0 Å². The summed E-state index contributed by atoms with van der Waals surface area (Å²) in [5.41, 5.74) is 1.74. The second-order valence-electron chi connectivity index (χ2n) is 11.6. The predicted octanol–water partition coefficient (Wildman–Crippen LogP) is 7.67. The van der Waals surface area contributed by atoms with E-state index in [2.05, 4.69) is 6.92 Å². The average Bonchev–Trinajstić information content (AvgIpc) is 3.35. The third kappa shape index (κ3) is 9.45. The Morgan fingerprint density at radius 3 is 1.57 bits per heavy atom. The van der Waals surface area contributed by atoms with Gasteiger partial charge in [0.15, 0.2) is 18.0 Å². The van der Waals surface area contributed by atoms with E-state index in [0.717, 1.165) is 30.4 Å². The van der Waals surface area contributed by atoms with Crippen LogP contribution in [0.25, 0.3) is 0 Å². The van der Waals surface area contributed by atoms with Crippen molar-refractivity contribution in [1.82, 2.24) is 0 Å². The van der Waals surface area contributed by atoms with Gasteiger partial charge in [-0.1, -0.05) is 132 Å². The van der Waals surface area contributed by atoms with Gasteiger partial charge in [0.05, 0.1) is 0 Å². The van der Waals surface area contributed by atoms with Gasteiger partial charge < -0.3 is 18.9 Å². The molecule has 1 aliphatic heterocycles. The number of esters is 2. The van der Waals surface area contributed by atoms with Crippen LogP contribution in [-0.2, 0) is 41.8 Å². The van der Waals surface area contributed by atoms with E-state index in [0.29, 0.717) is 18.8 Å². The van der Waals surface area contributed by atoms with E-state index < -0.39 is 29.9 Å². The molecule has 0 bridgehead atoms. The van der Waals surface area contributed by atoms with E-state index in [4.69, 9.17) is 18.9 Å². The second kappa shape index (κ2) is 15.9. The molecule has 1 heterocycles. The van der Waals surface area contributed by atoms with Crippen LogP contribution in [0, 0.1) is 5.92 Å². The summed E-state index contributed by atoms with van der Waals surface area (Å²) >= 11 is 0. The van der Waals surface area contributed by atoms with Crippen LogP contribution in [0.3, 0.4) is 0 Å². The van der Waals surface area contributed by atoms with Crippen LogP contribution in [0.4, 0.5) is 0 Å². The van der Waals surface area contributed by atoms with Crippen molar-refractivity contribution in [2.75, 3.05) is 0 Å². The van der Waals surface area contributed by atoms with Crippen LogP contribution >= 0.6 is 0 Å². The molecule has 0 aromatic heterocycles. The van der Waals surface area contributed by atoms with Crippen molar-refractivity contribution in [3.05, 3.63) is 71.8 Å². The van der Waals surface area contributed by atoms with Gasteiger partial charge in [-0.2, -0.15) is 0 Å². The van der Waals surface area contributed by atoms with Crippen molar-refractivity contribution in [3.8, 4) is 0 Å². The monoisotopic (exact) mass is 550 g/mol. The molecule has 0 radical (unpaired) electrons. The molecule has 1 spiro atoms. The van der Waals surface area contributed by atoms with Gasteiger partial charge in [0.1, 0.15) is 13.2 Å². The highest BCUT2D eigenvalue weighted by atomic mass is 16.8. The maximum atomic E-state index is 13.4. The average molecular weight is 551 g/mol. The zero-order valence-corrected chi connectivity index (χ0v) is 24.1. The summed E-state index contributed by atoms with van der Waals surface area (Å²) in [6.45, 7) is 2.43. The largest absolute Gasteiger partial charge is 0.459 e. The van der Waals surface area contributed by atoms with Gasteiger partial charge in [-0.05, 0) is 23.5 Å². The highest BCUT2D eigenvalue weighted by Gasteiger charge is 2.54. The van der Waals surface area contributed by atoms with Crippen molar-refractivity contribution < 1.29 is 28.5 Å². The van der Waals surface area contributed by atoms with E-state index in [1.807, 2.05) is 60.7 Å². The molecule has 1 saturated heterocycles. The minimum atomic E-state index is -1.17. The third-order valence-corrected chi connectivity index (χ3v) is 8.03. The van der Waals surface area contributed by atoms with Crippen LogP contribution in [0.2, 0.25) is 0 Å². The quantitative estimate of drug-likeness (QED) is 0.344. The number of ether oxygens (including phenoxy) is 4. The van der Waals surface area contributed by atoms with Crippen LogP contribution in [0.5, 0.6) is 0 Å². The zero-order valence-electron chi connectivity index (χ0n) is 24.1. The van der Waals surface area contributed by atoms with Crippen molar-refractivity contribution in [2.24, 2.45) is 5.92 Å². The van der Waals surface area contributed by atoms with E-state index in [1.165, 1.54) is 51.4 Å². The molecule has 1 saturated carbocycles. The van der Waals surface area contributed by atoms with Gasteiger partial charge in [-0.15, -0.1) is 0 Å². The van der Waals surface area contributed by atoms with Gasteiger partial charge >= 0.3 is 11.9 Å². The molecule has 2 aliphatic rings. The van der Waals surface area contributed by atoms with E-state index >= 15 is 0 Å². The maximum Gasteiger partial charge on any atom is 0.339 e. The molecule has 2 aromatic carbocycles. The van der Waals surface area contributed by atoms with Crippen LogP contribution in [0.15, 0.2) is 60.7 Å². The van der Waals surface area contributed by atoms with Crippen molar-refractivity contribution in [3.63, 3.8) is 0 Å². The molecule has 0 unspecified atom stereocenters. The Labute approximate surface area is 239 Å². The Balaban J connectivity index is 1.49. The Morgan fingerprint density at radius 2 is 1.10 bits per heavy atom. The van der Waals surface area contributed by atoms with Crippen LogP contribution in [0.1, 0.15) is 102 Å². The third-order valence-electron chi connectivity index (χ3n) is 8.03. The molecule has 2 fully saturated rings. The zero-order chi connectivity index (χ0) is 28.0. The molecule has 2 aromatic rings. The minimum absolute atomic E-state index is 0.106. The Bertz CT molecular complexity index is 960. The summed E-state index contributed by atoms with van der Waals surface area (Å²) in [6, 6.07) is 19.0. The number of rotatable bonds is 6. The van der Waals surface area contributed by atoms with Gasteiger partial charge in [0.2, 0.25) is 0 Å². The number of hydrogen-bond donors (Lipinski definition) is 0. The first-order valence-corrected chi connectivity index (χ1v) is 15.3. The van der Waals surface area contributed by atoms with E-state index in [9.17, 15) is 9.59 Å². The highest BCUT2D eigenvalue weighted by molar-refractivity contribution is 5.86. The van der Waals surface area contributed by atoms with Crippen molar-refractivity contribution in [1.29, 1.82) is 0 Å². The molecule has 0 amide bonds.